The Kier molecular flexibility index (Phi) is 9.14. The number of aromatic nitrogens is 2. The quantitative estimate of drug-likeness (QED) is 0.289. The highest BCUT2D eigenvalue weighted by molar-refractivity contribution is 6.36. The molecule has 1 heterocycles. The second-order valence-electron chi connectivity index (χ2n) is 9.50. The van der Waals surface area contributed by atoms with E-state index in [1.165, 1.54) is 4.90 Å². The number of nitrogens with zero attached hydrogens (tertiary/aromatic N) is 3. The first-order chi connectivity index (χ1) is 18.5. The molecule has 1 saturated carbocycles. The minimum absolute atomic E-state index is 0.0181. The molecule has 6 nitrogen and oxygen atoms in total. The lowest BCUT2D eigenvalue weighted by molar-refractivity contribution is -0.147. The van der Waals surface area contributed by atoms with Gasteiger partial charge in [-0.15, -0.1) is 0 Å². The number of carboxylic acid groups (broad SMARTS) is 1. The van der Waals surface area contributed by atoms with Crippen molar-refractivity contribution >= 4 is 46.7 Å². The van der Waals surface area contributed by atoms with Crippen molar-refractivity contribution in [2.75, 3.05) is 6.54 Å². The van der Waals surface area contributed by atoms with Crippen LogP contribution in [-0.2, 0) is 23.9 Å². The van der Waals surface area contributed by atoms with Gasteiger partial charge in [0.05, 0.1) is 23.7 Å². The molecule has 3 aromatic rings. The maximum Gasteiger partial charge on any atom is 0.433 e. The van der Waals surface area contributed by atoms with Crippen LogP contribution in [0.2, 0.25) is 15.1 Å². The minimum Gasteiger partial charge on any atom is -0.481 e. The number of aliphatic carboxylic acids is 1. The molecule has 1 fully saturated rings. The van der Waals surface area contributed by atoms with Gasteiger partial charge in [-0.2, -0.15) is 18.3 Å². The van der Waals surface area contributed by atoms with Crippen LogP contribution < -0.4 is 0 Å². The van der Waals surface area contributed by atoms with Gasteiger partial charge in [0, 0.05) is 28.2 Å². The summed E-state index contributed by atoms with van der Waals surface area (Å²) in [7, 11) is 0. The first-order valence-corrected chi connectivity index (χ1v) is 13.4. The van der Waals surface area contributed by atoms with E-state index in [1.807, 2.05) is 0 Å². The fourth-order valence-electron chi connectivity index (χ4n) is 4.90. The Labute approximate surface area is 238 Å². The number of hydrogen-bond donors (Lipinski definition) is 1. The minimum atomic E-state index is -4.86. The molecule has 1 aliphatic carbocycles. The Balaban J connectivity index is 1.66. The van der Waals surface area contributed by atoms with Crippen molar-refractivity contribution in [2.45, 2.75) is 50.9 Å². The van der Waals surface area contributed by atoms with Crippen LogP contribution in [0.3, 0.4) is 0 Å². The predicted octanol–water partition coefficient (Wildman–Crippen LogP) is 7.56. The number of carbonyl (C=O) groups is 2. The van der Waals surface area contributed by atoms with Crippen LogP contribution in [0.4, 0.5) is 13.2 Å². The second-order valence-corrected chi connectivity index (χ2v) is 10.7. The Morgan fingerprint density at radius 3 is 2.18 bits per heavy atom. The van der Waals surface area contributed by atoms with Crippen molar-refractivity contribution in [3.8, 4) is 0 Å². The molecule has 1 amide bonds. The summed E-state index contributed by atoms with van der Waals surface area (Å²) in [6.45, 7) is 0.0569. The van der Waals surface area contributed by atoms with E-state index in [0.29, 0.717) is 26.2 Å². The summed E-state index contributed by atoms with van der Waals surface area (Å²) in [4.78, 5) is 26.3. The largest absolute Gasteiger partial charge is 0.481 e. The molecule has 4 rings (SSSR count). The summed E-state index contributed by atoms with van der Waals surface area (Å²) in [5.41, 5.74) is -0.451. The van der Waals surface area contributed by atoms with Gasteiger partial charge >= 0.3 is 12.1 Å². The van der Waals surface area contributed by atoms with E-state index in [-0.39, 0.29) is 45.2 Å². The molecule has 39 heavy (non-hydrogen) atoms. The maximum absolute atomic E-state index is 14.4. The van der Waals surface area contributed by atoms with Crippen LogP contribution in [-0.4, -0.2) is 38.2 Å². The molecule has 1 aliphatic rings. The van der Waals surface area contributed by atoms with Crippen molar-refractivity contribution in [2.24, 2.45) is 5.92 Å². The molecule has 0 aliphatic heterocycles. The van der Waals surface area contributed by atoms with Crippen LogP contribution in [0.5, 0.6) is 0 Å². The van der Waals surface area contributed by atoms with Gasteiger partial charge in [-0.25, -0.2) is 0 Å². The van der Waals surface area contributed by atoms with E-state index in [0.717, 1.165) is 10.9 Å². The van der Waals surface area contributed by atoms with Crippen LogP contribution in [0.15, 0.2) is 48.7 Å². The molecule has 1 N–H and O–H groups in total. The number of benzene rings is 2. The van der Waals surface area contributed by atoms with Crippen molar-refractivity contribution in [3.63, 3.8) is 0 Å². The summed E-state index contributed by atoms with van der Waals surface area (Å²) < 4.78 is 44.0. The van der Waals surface area contributed by atoms with Gasteiger partial charge in [-0.1, -0.05) is 53.0 Å². The fraction of sp³-hybridized carbons (Fsp3) is 0.370. The molecule has 0 spiro atoms. The standard InChI is InChI=1S/C27H25Cl3F3N3O3/c28-18-8-4-16(5-9-18)15-35(13-12-20-22(29)2-1-3-23(20)30)25(37)21-14-34-36(24(21)27(31,32)33)19-10-6-17(7-11-19)26(38)39/h1-5,8-9,14,17,19H,6-7,10-13,15H2,(H,38,39). The first-order valence-electron chi connectivity index (χ1n) is 12.3. The van der Waals surface area contributed by atoms with Crippen molar-refractivity contribution < 1.29 is 27.9 Å². The topological polar surface area (TPSA) is 75.4 Å². The molecular formula is C27H25Cl3F3N3O3. The number of alkyl halides is 3. The molecule has 0 unspecified atom stereocenters. The molecule has 0 atom stereocenters. The molecule has 2 aromatic carbocycles. The van der Waals surface area contributed by atoms with E-state index in [2.05, 4.69) is 5.10 Å². The third-order valence-electron chi connectivity index (χ3n) is 6.95. The number of rotatable bonds is 8. The summed E-state index contributed by atoms with van der Waals surface area (Å²) in [5, 5.41) is 14.5. The van der Waals surface area contributed by atoms with Gasteiger partial charge in [0.25, 0.3) is 5.91 Å². The summed E-state index contributed by atoms with van der Waals surface area (Å²) in [5.74, 6) is -2.40. The lowest BCUT2D eigenvalue weighted by Crippen LogP contribution is -2.34. The zero-order valence-electron chi connectivity index (χ0n) is 20.6. The van der Waals surface area contributed by atoms with Crippen LogP contribution in [0, 0.1) is 5.92 Å². The van der Waals surface area contributed by atoms with Gasteiger partial charge in [0.2, 0.25) is 0 Å². The lowest BCUT2D eigenvalue weighted by Gasteiger charge is -2.28. The van der Waals surface area contributed by atoms with E-state index in [9.17, 15) is 27.9 Å². The molecule has 0 saturated heterocycles. The van der Waals surface area contributed by atoms with Gasteiger partial charge < -0.3 is 10.0 Å². The molecule has 12 heteroatoms. The fourth-order valence-corrected chi connectivity index (χ4v) is 5.61. The monoisotopic (exact) mass is 601 g/mol. The highest BCUT2D eigenvalue weighted by Gasteiger charge is 2.43. The zero-order chi connectivity index (χ0) is 28.3. The third-order valence-corrected chi connectivity index (χ3v) is 7.91. The highest BCUT2D eigenvalue weighted by atomic mass is 35.5. The van der Waals surface area contributed by atoms with Crippen molar-refractivity contribution in [1.82, 2.24) is 14.7 Å². The molecule has 0 bridgehead atoms. The highest BCUT2D eigenvalue weighted by Crippen LogP contribution is 2.39. The lowest BCUT2D eigenvalue weighted by atomic mass is 9.86. The van der Waals surface area contributed by atoms with Crippen LogP contribution in [0.25, 0.3) is 0 Å². The SMILES string of the molecule is O=C(O)C1CCC(n2ncc(C(=O)N(CCc3c(Cl)cccc3Cl)Cc3ccc(Cl)cc3)c2C(F)(F)F)CC1. The van der Waals surface area contributed by atoms with Crippen molar-refractivity contribution in [1.29, 1.82) is 0 Å². The van der Waals surface area contributed by atoms with Crippen LogP contribution in [0.1, 0.15) is 58.9 Å². The molecule has 1 aromatic heterocycles. The Bertz CT molecular complexity index is 1320. The van der Waals surface area contributed by atoms with Gasteiger partial charge in [0.1, 0.15) is 0 Å². The van der Waals surface area contributed by atoms with E-state index < -0.39 is 41.3 Å². The normalized spacial score (nSPS) is 17.7. The molecule has 0 radical (unpaired) electrons. The average Bonchev–Trinajstić information content (AvgIpc) is 3.34. The number of carboxylic acids is 1. The third kappa shape index (κ3) is 6.88. The zero-order valence-corrected chi connectivity index (χ0v) is 22.9. The number of amides is 1. The average molecular weight is 603 g/mol. The summed E-state index contributed by atoms with van der Waals surface area (Å²) in [6.07, 6.45) is -2.78. The summed E-state index contributed by atoms with van der Waals surface area (Å²) in [6, 6.07) is 11.0. The predicted molar refractivity (Wildman–Crippen MR) is 142 cm³/mol. The summed E-state index contributed by atoms with van der Waals surface area (Å²) >= 11 is 18.6. The molecular weight excluding hydrogens is 578 g/mol. The van der Waals surface area contributed by atoms with E-state index in [4.69, 9.17) is 34.8 Å². The van der Waals surface area contributed by atoms with E-state index >= 15 is 0 Å². The Morgan fingerprint density at radius 2 is 1.62 bits per heavy atom. The molecule has 208 valence electrons. The van der Waals surface area contributed by atoms with Gasteiger partial charge in [-0.3, -0.25) is 14.3 Å². The Hall–Kier alpha value is -2.75. The number of carbonyl (C=O) groups excluding carboxylic acids is 1. The van der Waals surface area contributed by atoms with E-state index in [1.54, 1.807) is 42.5 Å². The maximum atomic E-state index is 14.4. The van der Waals surface area contributed by atoms with Crippen molar-refractivity contribution in [3.05, 3.63) is 86.1 Å². The smallest absolute Gasteiger partial charge is 0.433 e. The van der Waals surface area contributed by atoms with Gasteiger partial charge in [0.15, 0.2) is 5.69 Å². The number of hydrogen-bond acceptors (Lipinski definition) is 3. The first kappa shape index (κ1) is 29.2. The second kappa shape index (κ2) is 12.2. The van der Waals surface area contributed by atoms with Crippen LogP contribution >= 0.6 is 34.8 Å². The van der Waals surface area contributed by atoms with Gasteiger partial charge in [-0.05, 0) is 67.5 Å². The number of halogens is 6. The Morgan fingerprint density at radius 1 is 1.00 bits per heavy atom.